The summed E-state index contributed by atoms with van der Waals surface area (Å²) in [4.78, 5) is 10.6. The van der Waals surface area contributed by atoms with Gasteiger partial charge in [-0.1, -0.05) is 24.3 Å². The first kappa shape index (κ1) is 10.5. The summed E-state index contributed by atoms with van der Waals surface area (Å²) < 4.78 is 26.7. The fraction of sp³-hybridized carbons (Fsp3) is 0. The number of hydrogen-bond acceptors (Lipinski definition) is 1. The molecule has 2 aromatic carbocycles. The van der Waals surface area contributed by atoms with Crippen LogP contribution in [0.2, 0.25) is 0 Å². The molecule has 0 bridgehead atoms. The zero-order valence-corrected chi connectivity index (χ0v) is 8.28. The van der Waals surface area contributed by atoms with E-state index in [2.05, 4.69) is 0 Å². The zero-order chi connectivity index (χ0) is 11.5. The van der Waals surface area contributed by atoms with Crippen molar-refractivity contribution in [2.45, 2.75) is 0 Å². The number of hydrogen-bond donors (Lipinski definition) is 0. The van der Waals surface area contributed by atoms with Gasteiger partial charge in [-0.25, -0.2) is 8.78 Å². The molecule has 0 fully saturated rings. The third-order valence-electron chi connectivity index (χ3n) is 2.29. The molecule has 80 valence electrons. The Labute approximate surface area is 91.3 Å². The van der Waals surface area contributed by atoms with Gasteiger partial charge in [-0.05, 0) is 23.8 Å². The molecule has 0 unspecified atom stereocenters. The van der Waals surface area contributed by atoms with E-state index in [4.69, 9.17) is 0 Å². The van der Waals surface area contributed by atoms with E-state index in [0.29, 0.717) is 11.8 Å². The van der Waals surface area contributed by atoms with Crippen molar-refractivity contribution in [1.29, 1.82) is 0 Å². The summed E-state index contributed by atoms with van der Waals surface area (Å²) in [6, 6.07) is 10.1. The maximum absolute atomic E-state index is 13.7. The molecule has 0 saturated carbocycles. The fourth-order valence-corrected chi connectivity index (χ4v) is 1.52. The lowest BCUT2D eigenvalue weighted by Gasteiger charge is -2.04. The normalized spacial score (nSPS) is 10.1. The van der Waals surface area contributed by atoms with Crippen LogP contribution in [-0.4, -0.2) is 6.29 Å². The van der Waals surface area contributed by atoms with Crippen LogP contribution in [0.3, 0.4) is 0 Å². The number of benzene rings is 2. The highest BCUT2D eigenvalue weighted by molar-refractivity contribution is 5.79. The van der Waals surface area contributed by atoms with E-state index in [1.165, 1.54) is 30.3 Å². The van der Waals surface area contributed by atoms with Crippen LogP contribution in [0, 0.1) is 11.6 Å². The lowest BCUT2D eigenvalue weighted by molar-refractivity contribution is 0.112. The van der Waals surface area contributed by atoms with Gasteiger partial charge in [-0.2, -0.15) is 0 Å². The highest BCUT2D eigenvalue weighted by Gasteiger charge is 2.09. The summed E-state index contributed by atoms with van der Waals surface area (Å²) in [5, 5.41) is 0. The van der Waals surface area contributed by atoms with Gasteiger partial charge < -0.3 is 0 Å². The standard InChI is InChI=1S/C13H8F2O/c14-11-5-1-3-9(7-11)12-6-2-4-10(8-16)13(12)15/h1-8H. The van der Waals surface area contributed by atoms with Crippen LogP contribution in [0.25, 0.3) is 11.1 Å². The van der Waals surface area contributed by atoms with Gasteiger partial charge in [0.2, 0.25) is 0 Å². The lowest BCUT2D eigenvalue weighted by atomic mass is 10.0. The average molecular weight is 218 g/mol. The van der Waals surface area contributed by atoms with Gasteiger partial charge in [-0.15, -0.1) is 0 Å². The zero-order valence-electron chi connectivity index (χ0n) is 8.28. The van der Waals surface area contributed by atoms with Crippen molar-refractivity contribution in [3.05, 3.63) is 59.7 Å². The van der Waals surface area contributed by atoms with Gasteiger partial charge in [0.05, 0.1) is 5.56 Å². The Morgan fingerprint density at radius 3 is 2.44 bits per heavy atom. The Kier molecular flexibility index (Phi) is 2.77. The highest BCUT2D eigenvalue weighted by atomic mass is 19.1. The topological polar surface area (TPSA) is 17.1 Å². The van der Waals surface area contributed by atoms with Gasteiger partial charge in [0.25, 0.3) is 0 Å². The van der Waals surface area contributed by atoms with Crippen LogP contribution in [0.5, 0.6) is 0 Å². The van der Waals surface area contributed by atoms with Crippen molar-refractivity contribution < 1.29 is 13.6 Å². The first-order chi connectivity index (χ1) is 7.72. The molecule has 16 heavy (non-hydrogen) atoms. The molecule has 0 saturated heterocycles. The van der Waals surface area contributed by atoms with E-state index in [0.717, 1.165) is 0 Å². The Morgan fingerprint density at radius 2 is 1.75 bits per heavy atom. The van der Waals surface area contributed by atoms with Crippen molar-refractivity contribution in [2.75, 3.05) is 0 Å². The van der Waals surface area contributed by atoms with Crippen molar-refractivity contribution in [3.63, 3.8) is 0 Å². The fourth-order valence-electron chi connectivity index (χ4n) is 1.52. The minimum absolute atomic E-state index is 0.0261. The summed E-state index contributed by atoms with van der Waals surface area (Å²) in [5.74, 6) is -1.06. The van der Waals surface area contributed by atoms with Crippen LogP contribution in [0.4, 0.5) is 8.78 Å². The molecule has 0 aliphatic heterocycles. The van der Waals surface area contributed by atoms with E-state index in [1.807, 2.05) is 0 Å². The largest absolute Gasteiger partial charge is 0.298 e. The number of aldehydes is 1. The molecule has 0 aromatic heterocycles. The second-order valence-corrected chi connectivity index (χ2v) is 3.34. The minimum atomic E-state index is -0.622. The molecule has 0 aliphatic carbocycles. The molecule has 0 amide bonds. The van der Waals surface area contributed by atoms with Crippen molar-refractivity contribution in [2.24, 2.45) is 0 Å². The number of carbonyl (C=O) groups excluding carboxylic acids is 1. The molecule has 0 N–H and O–H groups in total. The molecule has 2 rings (SSSR count). The SMILES string of the molecule is O=Cc1cccc(-c2cccc(F)c2)c1F. The third kappa shape index (κ3) is 1.84. The smallest absolute Gasteiger partial charge is 0.153 e. The van der Waals surface area contributed by atoms with Gasteiger partial charge in [0.1, 0.15) is 11.6 Å². The predicted octanol–water partition coefficient (Wildman–Crippen LogP) is 3.44. The molecule has 0 atom stereocenters. The summed E-state index contributed by atoms with van der Waals surface area (Å²) >= 11 is 0. The Bertz CT molecular complexity index is 535. The molecular formula is C13H8F2O. The maximum atomic E-state index is 13.7. The van der Waals surface area contributed by atoms with Crippen LogP contribution in [-0.2, 0) is 0 Å². The molecular weight excluding hydrogens is 210 g/mol. The van der Waals surface area contributed by atoms with Crippen LogP contribution < -0.4 is 0 Å². The molecule has 0 heterocycles. The first-order valence-corrected chi connectivity index (χ1v) is 4.72. The quantitative estimate of drug-likeness (QED) is 0.705. The van der Waals surface area contributed by atoms with Crippen LogP contribution >= 0.6 is 0 Å². The molecule has 1 nitrogen and oxygen atoms in total. The van der Waals surface area contributed by atoms with Gasteiger partial charge in [0, 0.05) is 5.56 Å². The predicted molar refractivity (Wildman–Crippen MR) is 57.2 cm³/mol. The van der Waals surface area contributed by atoms with Gasteiger partial charge in [0.15, 0.2) is 6.29 Å². The van der Waals surface area contributed by atoms with Crippen molar-refractivity contribution >= 4 is 6.29 Å². The monoisotopic (exact) mass is 218 g/mol. The number of rotatable bonds is 2. The minimum Gasteiger partial charge on any atom is -0.298 e. The maximum Gasteiger partial charge on any atom is 0.153 e. The first-order valence-electron chi connectivity index (χ1n) is 4.72. The van der Waals surface area contributed by atoms with Gasteiger partial charge >= 0.3 is 0 Å². The Balaban J connectivity index is 2.60. The average Bonchev–Trinajstić information content (AvgIpc) is 2.29. The van der Waals surface area contributed by atoms with E-state index in [9.17, 15) is 13.6 Å². The second-order valence-electron chi connectivity index (χ2n) is 3.34. The summed E-state index contributed by atoms with van der Waals surface area (Å²) in [5.41, 5.74) is 0.618. The van der Waals surface area contributed by atoms with Crippen molar-refractivity contribution in [3.8, 4) is 11.1 Å². The summed E-state index contributed by atoms with van der Waals surface area (Å²) in [6.45, 7) is 0. The second kappa shape index (κ2) is 4.23. The van der Waals surface area contributed by atoms with E-state index in [1.54, 1.807) is 12.1 Å². The van der Waals surface area contributed by atoms with E-state index >= 15 is 0 Å². The van der Waals surface area contributed by atoms with Crippen molar-refractivity contribution in [1.82, 2.24) is 0 Å². The molecule has 0 aliphatic rings. The highest BCUT2D eigenvalue weighted by Crippen LogP contribution is 2.24. The van der Waals surface area contributed by atoms with Gasteiger partial charge in [-0.3, -0.25) is 4.79 Å². The van der Waals surface area contributed by atoms with E-state index < -0.39 is 11.6 Å². The number of carbonyl (C=O) groups is 1. The Morgan fingerprint density at radius 1 is 1.00 bits per heavy atom. The lowest BCUT2D eigenvalue weighted by Crippen LogP contribution is -1.91. The van der Waals surface area contributed by atoms with Crippen LogP contribution in [0.1, 0.15) is 10.4 Å². The summed E-state index contributed by atoms with van der Waals surface area (Å²) in [7, 11) is 0. The molecule has 0 spiro atoms. The third-order valence-corrected chi connectivity index (χ3v) is 2.29. The Hall–Kier alpha value is -2.03. The molecule has 2 aromatic rings. The number of halogens is 2. The summed E-state index contributed by atoms with van der Waals surface area (Å²) in [6.07, 6.45) is 0.443. The van der Waals surface area contributed by atoms with Crippen LogP contribution in [0.15, 0.2) is 42.5 Å². The van der Waals surface area contributed by atoms with E-state index in [-0.39, 0.29) is 11.1 Å². The molecule has 3 heteroatoms. The molecule has 0 radical (unpaired) electrons.